The molecule has 4 heterocycles. The number of hydrazine groups is 1. The van der Waals surface area contributed by atoms with E-state index in [0.717, 1.165) is 44.2 Å². The number of rotatable bonds is 10. The van der Waals surface area contributed by atoms with Crippen molar-refractivity contribution in [2.45, 2.75) is 50.9 Å². The van der Waals surface area contributed by atoms with Crippen molar-refractivity contribution in [1.29, 1.82) is 0 Å². The molecule has 0 spiro atoms. The quantitative estimate of drug-likeness (QED) is 0.160. The summed E-state index contributed by atoms with van der Waals surface area (Å²) < 4.78 is 39.5. The van der Waals surface area contributed by atoms with E-state index in [4.69, 9.17) is 9.63 Å². The Morgan fingerprint density at radius 1 is 1.23 bits per heavy atom. The largest absolute Gasteiger partial charge is 0.370 e. The van der Waals surface area contributed by atoms with Crippen molar-refractivity contribution in [1.82, 2.24) is 35.5 Å². The maximum Gasteiger partial charge on any atom is 0.333 e. The highest BCUT2D eigenvalue weighted by atomic mass is 32.1. The monoisotopic (exact) mass is 581 g/mol. The SMILES string of the molecule is O=C(NC1=CN(C2CCCCC2)NC1c1nc(F)ccc1F)c1csc(-c2cnn(COP(O)OCO)c2)n1. The van der Waals surface area contributed by atoms with E-state index >= 15 is 0 Å². The second-order valence-electron chi connectivity index (χ2n) is 8.86. The average Bonchev–Trinajstić information content (AvgIpc) is 3.69. The molecule has 208 valence electrons. The molecule has 16 heteroatoms. The van der Waals surface area contributed by atoms with Crippen LogP contribution in [-0.4, -0.2) is 53.5 Å². The number of hydrogen-bond donors (Lipinski definition) is 4. The van der Waals surface area contributed by atoms with E-state index in [1.54, 1.807) is 17.8 Å². The minimum absolute atomic E-state index is 0.119. The average molecular weight is 582 g/mol. The molecule has 0 radical (unpaired) electrons. The highest BCUT2D eigenvalue weighted by molar-refractivity contribution is 7.40. The standard InChI is InChI=1S/C23H26F2N7O5PS/c24-16-6-7-19(25)29-20(16)21-17(10-32(30-21)15-4-2-1-3-5-15)27-22(34)18-11-39-23(28-18)14-8-26-31(9-14)12-36-38(35)37-13-33/h6-11,15,21,30,33,35H,1-5,12-13H2,(H,27,34). The molecule has 5 rings (SSSR count). The minimum Gasteiger partial charge on any atom is -0.370 e. The van der Waals surface area contributed by atoms with Crippen LogP contribution in [0.2, 0.25) is 0 Å². The number of nitrogens with zero attached hydrogens (tertiary/aromatic N) is 5. The van der Waals surface area contributed by atoms with E-state index in [1.807, 2.05) is 5.01 Å². The van der Waals surface area contributed by atoms with Crippen LogP contribution in [0.3, 0.4) is 0 Å². The van der Waals surface area contributed by atoms with Crippen molar-refractivity contribution in [3.63, 3.8) is 0 Å². The lowest BCUT2D eigenvalue weighted by Gasteiger charge is -2.31. The number of amides is 1. The summed E-state index contributed by atoms with van der Waals surface area (Å²) in [5.74, 6) is -2.02. The number of thiazole rings is 1. The van der Waals surface area contributed by atoms with E-state index in [2.05, 4.69) is 30.3 Å². The number of carbonyl (C=O) groups is 1. The fourth-order valence-electron chi connectivity index (χ4n) is 4.44. The van der Waals surface area contributed by atoms with Crippen molar-refractivity contribution < 1.29 is 32.6 Å². The van der Waals surface area contributed by atoms with E-state index in [0.29, 0.717) is 16.3 Å². The van der Waals surface area contributed by atoms with Gasteiger partial charge >= 0.3 is 8.60 Å². The third-order valence-corrected chi connectivity index (χ3v) is 7.86. The van der Waals surface area contributed by atoms with Crippen LogP contribution in [0.4, 0.5) is 8.78 Å². The molecule has 1 aliphatic heterocycles. The fraction of sp³-hybridized carbons (Fsp3) is 0.391. The Morgan fingerprint density at radius 2 is 2.05 bits per heavy atom. The van der Waals surface area contributed by atoms with Crippen LogP contribution in [0.15, 0.2) is 41.8 Å². The maximum atomic E-state index is 14.7. The summed E-state index contributed by atoms with van der Waals surface area (Å²) in [7, 11) is -2.23. The Hall–Kier alpha value is -2.91. The molecule has 1 fully saturated rings. The van der Waals surface area contributed by atoms with E-state index in [1.165, 1.54) is 22.2 Å². The Labute approximate surface area is 227 Å². The summed E-state index contributed by atoms with van der Waals surface area (Å²) >= 11 is 1.22. The van der Waals surface area contributed by atoms with Crippen molar-refractivity contribution in [3.8, 4) is 10.6 Å². The third kappa shape index (κ3) is 6.64. The number of halogens is 2. The smallest absolute Gasteiger partial charge is 0.333 e. The van der Waals surface area contributed by atoms with Gasteiger partial charge in [-0.2, -0.15) is 9.49 Å². The summed E-state index contributed by atoms with van der Waals surface area (Å²) in [6, 6.07) is 1.25. The number of carbonyl (C=O) groups excluding carboxylic acids is 1. The molecule has 0 aromatic carbocycles. The predicted octanol–water partition coefficient (Wildman–Crippen LogP) is 3.30. The zero-order valence-electron chi connectivity index (χ0n) is 20.5. The number of aliphatic hydroxyl groups is 1. The molecular formula is C23H26F2N7O5PS. The van der Waals surface area contributed by atoms with Crippen molar-refractivity contribution in [2.75, 3.05) is 6.79 Å². The van der Waals surface area contributed by atoms with E-state index < -0.39 is 39.1 Å². The first-order chi connectivity index (χ1) is 18.9. The summed E-state index contributed by atoms with van der Waals surface area (Å²) in [5, 5.41) is 19.5. The van der Waals surface area contributed by atoms with Gasteiger partial charge in [0.2, 0.25) is 5.95 Å². The molecule has 3 aromatic heterocycles. The molecule has 39 heavy (non-hydrogen) atoms. The Morgan fingerprint density at radius 3 is 2.85 bits per heavy atom. The van der Waals surface area contributed by atoms with Crippen LogP contribution in [0.1, 0.15) is 54.3 Å². The second kappa shape index (κ2) is 12.5. The van der Waals surface area contributed by atoms with Gasteiger partial charge in [0.1, 0.15) is 35.0 Å². The fourth-order valence-corrected chi connectivity index (χ4v) is 5.61. The van der Waals surface area contributed by atoms with Gasteiger partial charge in [-0.15, -0.1) is 11.3 Å². The molecular weight excluding hydrogens is 555 g/mol. The lowest BCUT2D eigenvalue weighted by atomic mass is 9.95. The zero-order valence-corrected chi connectivity index (χ0v) is 22.2. The molecule has 2 aliphatic rings. The Bertz CT molecular complexity index is 1340. The number of nitrogens with one attached hydrogen (secondary N) is 2. The van der Waals surface area contributed by atoms with Gasteiger partial charge in [-0.05, 0) is 25.0 Å². The summed E-state index contributed by atoms with van der Waals surface area (Å²) in [6.07, 6.45) is 10.0. The lowest BCUT2D eigenvalue weighted by molar-refractivity contribution is 0.0644. The first-order valence-corrected chi connectivity index (χ1v) is 14.2. The van der Waals surface area contributed by atoms with Gasteiger partial charge in [-0.25, -0.2) is 24.5 Å². The molecule has 0 saturated heterocycles. The minimum atomic E-state index is -2.23. The van der Waals surface area contributed by atoms with Gasteiger partial charge in [0.05, 0.1) is 11.9 Å². The molecule has 3 aromatic rings. The molecule has 1 saturated carbocycles. The number of aromatic nitrogens is 4. The first-order valence-electron chi connectivity index (χ1n) is 12.1. The van der Waals surface area contributed by atoms with E-state index in [-0.39, 0.29) is 24.2 Å². The predicted molar refractivity (Wildman–Crippen MR) is 136 cm³/mol. The maximum absolute atomic E-state index is 14.7. The Kier molecular flexibility index (Phi) is 8.87. The summed E-state index contributed by atoms with van der Waals surface area (Å²) in [5.41, 5.74) is 4.13. The van der Waals surface area contributed by atoms with E-state index in [9.17, 15) is 18.5 Å². The highest BCUT2D eigenvalue weighted by Crippen LogP contribution is 2.33. The van der Waals surface area contributed by atoms with Gasteiger partial charge in [0.25, 0.3) is 5.91 Å². The highest BCUT2D eigenvalue weighted by Gasteiger charge is 2.34. The molecule has 12 nitrogen and oxygen atoms in total. The van der Waals surface area contributed by atoms with Crippen LogP contribution >= 0.6 is 19.9 Å². The molecule has 4 N–H and O–H groups in total. The lowest BCUT2D eigenvalue weighted by Crippen LogP contribution is -2.41. The van der Waals surface area contributed by atoms with Crippen molar-refractivity contribution >= 4 is 25.8 Å². The zero-order chi connectivity index (χ0) is 27.4. The molecule has 2 unspecified atom stereocenters. The van der Waals surface area contributed by atoms with Crippen LogP contribution in [0.25, 0.3) is 10.6 Å². The number of aliphatic hydroxyl groups excluding tert-OH is 1. The third-order valence-electron chi connectivity index (χ3n) is 6.29. The normalized spacial score (nSPS) is 18.8. The van der Waals surface area contributed by atoms with Crippen LogP contribution in [0, 0.1) is 11.8 Å². The number of hydrogen-bond acceptors (Lipinski definition) is 11. The van der Waals surface area contributed by atoms with Gasteiger partial charge in [0, 0.05) is 29.4 Å². The van der Waals surface area contributed by atoms with Gasteiger partial charge in [-0.3, -0.25) is 13.8 Å². The van der Waals surface area contributed by atoms with Gasteiger partial charge < -0.3 is 20.3 Å². The summed E-state index contributed by atoms with van der Waals surface area (Å²) in [6.45, 7) is -0.790. The van der Waals surface area contributed by atoms with Crippen molar-refractivity contribution in [2.24, 2.45) is 0 Å². The second-order valence-corrected chi connectivity index (χ2v) is 10.7. The molecule has 0 bridgehead atoms. The first kappa shape index (κ1) is 27.6. The topological polar surface area (TPSA) is 147 Å². The van der Waals surface area contributed by atoms with Gasteiger partial charge in [0.15, 0.2) is 6.79 Å². The van der Waals surface area contributed by atoms with Crippen LogP contribution in [-0.2, 0) is 15.8 Å². The van der Waals surface area contributed by atoms with Crippen molar-refractivity contribution in [3.05, 3.63) is 65.0 Å². The Balaban J connectivity index is 1.30. The molecule has 1 amide bonds. The molecule has 1 aliphatic carbocycles. The molecule has 2 atom stereocenters. The van der Waals surface area contributed by atoms with Crippen LogP contribution < -0.4 is 10.7 Å². The summed E-state index contributed by atoms with van der Waals surface area (Å²) in [4.78, 5) is 30.7. The van der Waals surface area contributed by atoms with Gasteiger partial charge in [-0.1, -0.05) is 19.3 Å². The number of pyridine rings is 1. The van der Waals surface area contributed by atoms with Crippen LogP contribution in [0.5, 0.6) is 0 Å².